The first-order valence-electron chi connectivity index (χ1n) is 6.02. The van der Waals surface area contributed by atoms with Gasteiger partial charge in [-0.3, -0.25) is 4.90 Å². The summed E-state index contributed by atoms with van der Waals surface area (Å²) in [6.07, 6.45) is 2.30. The van der Waals surface area contributed by atoms with E-state index in [-0.39, 0.29) is 5.82 Å². The minimum Gasteiger partial charge on any atom is -0.317 e. The van der Waals surface area contributed by atoms with Crippen LogP contribution in [0.4, 0.5) is 4.39 Å². The Kier molecular flexibility index (Phi) is 4.37. The van der Waals surface area contributed by atoms with Crippen LogP contribution in [-0.4, -0.2) is 31.1 Å². The average Bonchev–Trinajstić information content (AvgIpc) is 2.28. The van der Waals surface area contributed by atoms with E-state index in [0.717, 1.165) is 38.0 Å². The summed E-state index contributed by atoms with van der Waals surface area (Å²) < 4.78 is 13.2. The first-order valence-corrected chi connectivity index (χ1v) is 6.40. The van der Waals surface area contributed by atoms with Crippen LogP contribution < -0.4 is 5.32 Å². The summed E-state index contributed by atoms with van der Waals surface area (Å²) in [4.78, 5) is 2.35. The third-order valence-corrected chi connectivity index (χ3v) is 3.54. The van der Waals surface area contributed by atoms with Gasteiger partial charge in [0, 0.05) is 17.6 Å². The molecule has 2 nitrogen and oxygen atoms in total. The van der Waals surface area contributed by atoms with Gasteiger partial charge in [0.2, 0.25) is 0 Å². The summed E-state index contributed by atoms with van der Waals surface area (Å²) in [6.45, 7) is 2.90. The fraction of sp³-hybridized carbons (Fsp3) is 0.538. The van der Waals surface area contributed by atoms with E-state index in [4.69, 9.17) is 11.6 Å². The van der Waals surface area contributed by atoms with Gasteiger partial charge in [-0.05, 0) is 56.7 Å². The number of hydrogen-bond acceptors (Lipinski definition) is 2. The molecule has 0 aliphatic carbocycles. The molecule has 1 aromatic rings. The van der Waals surface area contributed by atoms with Gasteiger partial charge in [0.25, 0.3) is 0 Å². The Morgan fingerprint density at radius 3 is 2.65 bits per heavy atom. The highest BCUT2D eigenvalue weighted by molar-refractivity contribution is 6.30. The lowest BCUT2D eigenvalue weighted by atomic mass is 10.0. The summed E-state index contributed by atoms with van der Waals surface area (Å²) in [6, 6.07) is 5.38. The van der Waals surface area contributed by atoms with Crippen LogP contribution in [0.1, 0.15) is 18.4 Å². The summed E-state index contributed by atoms with van der Waals surface area (Å²) >= 11 is 5.84. The zero-order valence-corrected chi connectivity index (χ0v) is 10.8. The van der Waals surface area contributed by atoms with Crippen LogP contribution in [0, 0.1) is 5.82 Å². The van der Waals surface area contributed by atoms with E-state index in [2.05, 4.69) is 10.2 Å². The minimum absolute atomic E-state index is 0.252. The second kappa shape index (κ2) is 5.80. The van der Waals surface area contributed by atoms with Crippen LogP contribution in [0.5, 0.6) is 0 Å². The normalized spacial score (nSPS) is 18.5. The Bertz CT molecular complexity index is 355. The van der Waals surface area contributed by atoms with E-state index in [1.807, 2.05) is 13.1 Å². The smallest absolute Gasteiger partial charge is 0.125 e. The Labute approximate surface area is 107 Å². The van der Waals surface area contributed by atoms with Crippen LogP contribution in [0.2, 0.25) is 5.02 Å². The van der Waals surface area contributed by atoms with Crippen molar-refractivity contribution in [3.8, 4) is 0 Å². The zero-order valence-electron chi connectivity index (χ0n) is 10.0. The molecule has 0 atom stereocenters. The van der Waals surface area contributed by atoms with Crippen molar-refractivity contribution in [3.63, 3.8) is 0 Å². The SMILES string of the molecule is CNC1CCN(Cc2cc(F)cc(Cl)c2)CC1. The molecule has 0 radical (unpaired) electrons. The fourth-order valence-corrected chi connectivity index (χ4v) is 2.58. The third-order valence-electron chi connectivity index (χ3n) is 3.32. The maximum atomic E-state index is 13.2. The number of nitrogens with zero attached hydrogens (tertiary/aromatic N) is 1. The van der Waals surface area contributed by atoms with Crippen LogP contribution in [0.25, 0.3) is 0 Å². The largest absolute Gasteiger partial charge is 0.317 e. The quantitative estimate of drug-likeness (QED) is 0.895. The number of benzene rings is 1. The van der Waals surface area contributed by atoms with Gasteiger partial charge in [-0.25, -0.2) is 4.39 Å². The summed E-state index contributed by atoms with van der Waals surface area (Å²) in [5, 5.41) is 3.78. The Morgan fingerprint density at radius 2 is 2.06 bits per heavy atom. The van der Waals surface area contributed by atoms with Crippen LogP contribution in [-0.2, 0) is 6.54 Å². The minimum atomic E-state index is -0.252. The van der Waals surface area contributed by atoms with Crippen molar-refractivity contribution >= 4 is 11.6 Å². The van der Waals surface area contributed by atoms with Crippen molar-refractivity contribution in [2.75, 3.05) is 20.1 Å². The molecule has 0 amide bonds. The number of rotatable bonds is 3. The predicted molar refractivity (Wildman–Crippen MR) is 68.8 cm³/mol. The maximum absolute atomic E-state index is 13.2. The first-order chi connectivity index (χ1) is 8.17. The lowest BCUT2D eigenvalue weighted by Gasteiger charge is -2.31. The summed E-state index contributed by atoms with van der Waals surface area (Å²) in [5.74, 6) is -0.252. The molecule has 0 unspecified atom stereocenters. The second-order valence-electron chi connectivity index (χ2n) is 4.62. The number of nitrogens with one attached hydrogen (secondary N) is 1. The van der Waals surface area contributed by atoms with E-state index < -0.39 is 0 Å². The zero-order chi connectivity index (χ0) is 12.3. The molecule has 0 saturated carbocycles. The van der Waals surface area contributed by atoms with Gasteiger partial charge >= 0.3 is 0 Å². The highest BCUT2D eigenvalue weighted by Crippen LogP contribution is 2.18. The van der Waals surface area contributed by atoms with E-state index in [0.29, 0.717) is 11.1 Å². The predicted octanol–water partition coefficient (Wildman–Crippen LogP) is 2.66. The summed E-state index contributed by atoms with van der Waals surface area (Å²) in [7, 11) is 2.01. The molecule has 1 aromatic carbocycles. The molecule has 17 heavy (non-hydrogen) atoms. The summed E-state index contributed by atoms with van der Waals surface area (Å²) in [5.41, 5.74) is 0.956. The van der Waals surface area contributed by atoms with Crippen molar-refractivity contribution in [2.45, 2.75) is 25.4 Å². The van der Waals surface area contributed by atoms with Gasteiger partial charge in [0.15, 0.2) is 0 Å². The lowest BCUT2D eigenvalue weighted by Crippen LogP contribution is -2.40. The Hall–Kier alpha value is -0.640. The van der Waals surface area contributed by atoms with Gasteiger partial charge in [-0.15, -0.1) is 0 Å². The Balaban J connectivity index is 1.93. The Morgan fingerprint density at radius 1 is 1.35 bits per heavy atom. The van der Waals surface area contributed by atoms with E-state index in [9.17, 15) is 4.39 Å². The van der Waals surface area contributed by atoms with Crippen molar-refractivity contribution in [3.05, 3.63) is 34.6 Å². The monoisotopic (exact) mass is 256 g/mol. The lowest BCUT2D eigenvalue weighted by molar-refractivity contribution is 0.194. The molecule has 4 heteroatoms. The number of likely N-dealkylation sites (tertiary alicyclic amines) is 1. The van der Waals surface area contributed by atoms with Gasteiger partial charge in [0.05, 0.1) is 0 Å². The average molecular weight is 257 g/mol. The van der Waals surface area contributed by atoms with Gasteiger partial charge in [0.1, 0.15) is 5.82 Å². The molecule has 1 heterocycles. The molecule has 1 aliphatic rings. The van der Waals surface area contributed by atoms with Crippen LogP contribution in [0.15, 0.2) is 18.2 Å². The standard InChI is InChI=1S/C13H18ClFN2/c1-16-13-2-4-17(5-3-13)9-10-6-11(14)8-12(15)7-10/h6-8,13,16H,2-5,9H2,1H3. The van der Waals surface area contributed by atoms with Crippen molar-refractivity contribution in [1.29, 1.82) is 0 Å². The van der Waals surface area contributed by atoms with Crippen molar-refractivity contribution < 1.29 is 4.39 Å². The maximum Gasteiger partial charge on any atom is 0.125 e. The van der Waals surface area contributed by atoms with Gasteiger partial charge < -0.3 is 5.32 Å². The molecule has 0 spiro atoms. The van der Waals surface area contributed by atoms with E-state index in [1.165, 1.54) is 6.07 Å². The number of piperidine rings is 1. The first kappa shape index (κ1) is 12.8. The van der Waals surface area contributed by atoms with Crippen LogP contribution >= 0.6 is 11.6 Å². The molecular weight excluding hydrogens is 239 g/mol. The molecule has 94 valence electrons. The van der Waals surface area contributed by atoms with Crippen molar-refractivity contribution in [1.82, 2.24) is 10.2 Å². The number of halogens is 2. The highest BCUT2D eigenvalue weighted by atomic mass is 35.5. The molecule has 1 saturated heterocycles. The van der Waals surface area contributed by atoms with Gasteiger partial charge in [-0.1, -0.05) is 11.6 Å². The topological polar surface area (TPSA) is 15.3 Å². The molecule has 1 fully saturated rings. The molecule has 2 rings (SSSR count). The van der Waals surface area contributed by atoms with Crippen LogP contribution in [0.3, 0.4) is 0 Å². The highest BCUT2D eigenvalue weighted by Gasteiger charge is 2.17. The molecule has 1 N–H and O–H groups in total. The second-order valence-corrected chi connectivity index (χ2v) is 5.05. The van der Waals surface area contributed by atoms with Gasteiger partial charge in [-0.2, -0.15) is 0 Å². The van der Waals surface area contributed by atoms with Crippen molar-refractivity contribution in [2.24, 2.45) is 0 Å². The number of hydrogen-bond donors (Lipinski definition) is 1. The molecular formula is C13H18ClFN2. The third kappa shape index (κ3) is 3.66. The molecule has 0 aromatic heterocycles. The van der Waals surface area contributed by atoms with E-state index >= 15 is 0 Å². The molecule has 1 aliphatic heterocycles. The fourth-order valence-electron chi connectivity index (χ4n) is 2.34. The molecule has 0 bridgehead atoms. The van der Waals surface area contributed by atoms with E-state index in [1.54, 1.807) is 6.07 Å².